The molecule has 1 amide bonds. The summed E-state index contributed by atoms with van der Waals surface area (Å²) in [5.74, 6) is 0.386. The highest BCUT2D eigenvalue weighted by molar-refractivity contribution is 8.27. The van der Waals surface area contributed by atoms with Gasteiger partial charge in [0.05, 0.1) is 29.8 Å². The van der Waals surface area contributed by atoms with Gasteiger partial charge in [-0.1, -0.05) is 59.8 Å². The van der Waals surface area contributed by atoms with Gasteiger partial charge < -0.3 is 13.7 Å². The topological polar surface area (TPSA) is 82.1 Å². The summed E-state index contributed by atoms with van der Waals surface area (Å²) in [5.41, 5.74) is 1.12. The molecule has 180 valence electrons. The van der Waals surface area contributed by atoms with Gasteiger partial charge in [-0.3, -0.25) is 9.69 Å². The smallest absolute Gasteiger partial charge is 0.339 e. The zero-order chi connectivity index (χ0) is 25.2. The first kappa shape index (κ1) is 25.1. The molecule has 4 rings (SSSR count). The molecular weight excluding hydrogens is 530 g/mol. The van der Waals surface area contributed by atoms with Crippen molar-refractivity contribution in [3.8, 4) is 17.2 Å². The number of carbonyl (C=O) groups is 1. The summed E-state index contributed by atoms with van der Waals surface area (Å²) >= 11 is 12.8. The van der Waals surface area contributed by atoms with Crippen LogP contribution in [0.2, 0.25) is 5.02 Å². The van der Waals surface area contributed by atoms with E-state index in [9.17, 15) is 13.2 Å². The second-order valence-corrected chi connectivity index (χ2v) is 10.7. The summed E-state index contributed by atoms with van der Waals surface area (Å²) in [4.78, 5) is 14.9. The Bertz CT molecular complexity index is 1440. The molecule has 1 aliphatic heterocycles. The summed E-state index contributed by atoms with van der Waals surface area (Å²) in [5, 5.41) is 0.355. The number of hydrogen-bond acceptors (Lipinski definition) is 8. The van der Waals surface area contributed by atoms with Crippen molar-refractivity contribution in [2.24, 2.45) is 0 Å². The fourth-order valence-corrected chi connectivity index (χ4v) is 5.74. The highest BCUT2D eigenvalue weighted by Crippen LogP contribution is 2.39. The van der Waals surface area contributed by atoms with Crippen LogP contribution in [0.3, 0.4) is 0 Å². The Morgan fingerprint density at radius 2 is 1.63 bits per heavy atom. The molecule has 0 spiro atoms. The second kappa shape index (κ2) is 10.3. The number of nitrogens with zero attached hydrogens (tertiary/aromatic N) is 1. The van der Waals surface area contributed by atoms with Crippen molar-refractivity contribution in [2.75, 3.05) is 19.1 Å². The maximum Gasteiger partial charge on any atom is 0.339 e. The van der Waals surface area contributed by atoms with Crippen molar-refractivity contribution < 1.29 is 26.9 Å². The van der Waals surface area contributed by atoms with Crippen molar-refractivity contribution >= 4 is 67.7 Å². The van der Waals surface area contributed by atoms with Gasteiger partial charge in [0.15, 0.2) is 15.8 Å². The van der Waals surface area contributed by atoms with Gasteiger partial charge >= 0.3 is 10.1 Å². The number of benzene rings is 3. The number of hydrogen-bond donors (Lipinski definition) is 0. The van der Waals surface area contributed by atoms with Gasteiger partial charge in [-0.2, -0.15) is 8.42 Å². The van der Waals surface area contributed by atoms with Gasteiger partial charge in [-0.25, -0.2) is 0 Å². The van der Waals surface area contributed by atoms with Crippen molar-refractivity contribution in [2.45, 2.75) is 4.90 Å². The van der Waals surface area contributed by atoms with E-state index in [0.29, 0.717) is 31.2 Å². The van der Waals surface area contributed by atoms with E-state index in [1.807, 2.05) is 0 Å². The number of ether oxygens (including phenoxy) is 2. The molecule has 0 aliphatic carbocycles. The van der Waals surface area contributed by atoms with E-state index in [1.165, 1.54) is 37.3 Å². The van der Waals surface area contributed by atoms with E-state index in [-0.39, 0.29) is 22.3 Å². The Morgan fingerprint density at radius 3 is 2.29 bits per heavy atom. The Labute approximate surface area is 217 Å². The van der Waals surface area contributed by atoms with Gasteiger partial charge in [-0.15, -0.1) is 0 Å². The van der Waals surface area contributed by atoms with E-state index >= 15 is 0 Å². The van der Waals surface area contributed by atoms with Gasteiger partial charge in [-0.05, 0) is 54.1 Å². The number of thioether (sulfide) groups is 1. The average molecular weight is 548 g/mol. The molecular formula is C24H18ClNO6S3. The molecule has 3 aromatic carbocycles. The molecule has 11 heteroatoms. The van der Waals surface area contributed by atoms with Crippen LogP contribution in [0.5, 0.6) is 17.2 Å². The fourth-order valence-electron chi connectivity index (χ4n) is 3.23. The molecule has 0 radical (unpaired) electrons. The van der Waals surface area contributed by atoms with E-state index < -0.39 is 10.1 Å². The van der Waals surface area contributed by atoms with Crippen LogP contribution < -0.4 is 18.6 Å². The van der Waals surface area contributed by atoms with Crippen LogP contribution in [-0.2, 0) is 14.9 Å². The minimum absolute atomic E-state index is 0.0217. The summed E-state index contributed by atoms with van der Waals surface area (Å²) < 4.78 is 41.3. The number of methoxy groups -OCH3 is 2. The summed E-state index contributed by atoms with van der Waals surface area (Å²) in [7, 11) is -1.14. The lowest BCUT2D eigenvalue weighted by Crippen LogP contribution is -2.27. The Hall–Kier alpha value is -3.05. The zero-order valence-corrected chi connectivity index (χ0v) is 21.6. The molecule has 0 bridgehead atoms. The van der Waals surface area contributed by atoms with Gasteiger partial charge in [0.2, 0.25) is 0 Å². The highest BCUT2D eigenvalue weighted by Gasteiger charge is 2.33. The largest absolute Gasteiger partial charge is 0.495 e. The van der Waals surface area contributed by atoms with Crippen LogP contribution in [-0.4, -0.2) is 32.9 Å². The maximum atomic E-state index is 13.1. The normalized spacial score (nSPS) is 14.9. The standard InChI is InChI=1S/C24H18ClNO6S3/c1-30-19-11-9-16(14-18(19)25)26-23(27)22(34-24(26)33)13-15-8-10-20(21(12-15)31-2)32-35(28,29)17-6-4-3-5-7-17/h3-14H,1-2H3/b22-13-. The van der Waals surface area contributed by atoms with E-state index in [2.05, 4.69) is 0 Å². The molecule has 0 N–H and O–H groups in total. The lowest BCUT2D eigenvalue weighted by Gasteiger charge is -2.15. The van der Waals surface area contributed by atoms with Crippen LogP contribution in [0.1, 0.15) is 5.56 Å². The van der Waals surface area contributed by atoms with Crippen LogP contribution in [0, 0.1) is 0 Å². The number of carbonyl (C=O) groups excluding carboxylic acids is 1. The lowest BCUT2D eigenvalue weighted by molar-refractivity contribution is -0.113. The Balaban J connectivity index is 1.60. The molecule has 1 heterocycles. The van der Waals surface area contributed by atoms with Gasteiger partial charge in [0.25, 0.3) is 5.91 Å². The fraction of sp³-hybridized carbons (Fsp3) is 0.0833. The summed E-state index contributed by atoms with van der Waals surface area (Å²) in [6.07, 6.45) is 1.64. The van der Waals surface area contributed by atoms with Crippen molar-refractivity contribution in [3.63, 3.8) is 0 Å². The summed E-state index contributed by atoms with van der Waals surface area (Å²) in [6.45, 7) is 0. The predicted molar refractivity (Wildman–Crippen MR) is 141 cm³/mol. The molecule has 0 aromatic heterocycles. The van der Waals surface area contributed by atoms with Crippen molar-refractivity contribution in [1.29, 1.82) is 0 Å². The third-order valence-electron chi connectivity index (χ3n) is 4.90. The number of halogens is 1. The minimum atomic E-state index is -4.04. The Morgan fingerprint density at radius 1 is 0.943 bits per heavy atom. The quantitative estimate of drug-likeness (QED) is 0.217. The molecule has 3 aromatic rings. The number of rotatable bonds is 7. The second-order valence-electron chi connectivity index (χ2n) is 7.10. The maximum absolute atomic E-state index is 13.1. The van der Waals surface area contributed by atoms with Crippen LogP contribution in [0.15, 0.2) is 76.5 Å². The summed E-state index contributed by atoms with van der Waals surface area (Å²) in [6, 6.07) is 17.4. The first-order valence-corrected chi connectivity index (χ1v) is 13.0. The zero-order valence-electron chi connectivity index (χ0n) is 18.4. The lowest BCUT2D eigenvalue weighted by atomic mass is 10.2. The number of anilines is 1. The van der Waals surface area contributed by atoms with Gasteiger partial charge in [0.1, 0.15) is 10.6 Å². The molecule has 1 aliphatic rings. The van der Waals surface area contributed by atoms with Crippen LogP contribution in [0.4, 0.5) is 5.69 Å². The van der Waals surface area contributed by atoms with Crippen molar-refractivity contribution in [1.82, 2.24) is 0 Å². The molecule has 1 fully saturated rings. The molecule has 35 heavy (non-hydrogen) atoms. The van der Waals surface area contributed by atoms with Crippen molar-refractivity contribution in [3.05, 3.63) is 82.2 Å². The molecule has 0 saturated carbocycles. The number of amides is 1. The van der Waals surface area contributed by atoms with Crippen LogP contribution in [0.25, 0.3) is 6.08 Å². The van der Waals surface area contributed by atoms with E-state index in [0.717, 1.165) is 11.8 Å². The third kappa shape index (κ3) is 5.30. The SMILES string of the molecule is COc1ccc(N2C(=O)/C(=C/c3ccc(OS(=O)(=O)c4ccccc4)c(OC)c3)SC2=S)cc1Cl. The molecule has 7 nitrogen and oxygen atoms in total. The first-order chi connectivity index (χ1) is 16.7. The third-order valence-corrected chi connectivity index (χ3v) is 7.75. The predicted octanol–water partition coefficient (Wildman–Crippen LogP) is 5.53. The molecule has 0 atom stereocenters. The molecule has 0 unspecified atom stereocenters. The molecule has 1 saturated heterocycles. The van der Waals surface area contributed by atoms with Gasteiger partial charge in [0, 0.05) is 0 Å². The highest BCUT2D eigenvalue weighted by atomic mass is 35.5. The first-order valence-electron chi connectivity index (χ1n) is 10.0. The van der Waals surface area contributed by atoms with Crippen LogP contribution >= 0.6 is 35.6 Å². The van der Waals surface area contributed by atoms with E-state index in [1.54, 1.807) is 54.6 Å². The van der Waals surface area contributed by atoms with E-state index in [4.69, 9.17) is 37.5 Å². The number of thiocarbonyl (C=S) groups is 1. The monoisotopic (exact) mass is 547 g/mol. The Kier molecular flexibility index (Phi) is 7.36. The minimum Gasteiger partial charge on any atom is -0.495 e. The average Bonchev–Trinajstić information content (AvgIpc) is 3.12.